The zero-order valence-corrected chi connectivity index (χ0v) is 8.83. The van der Waals surface area contributed by atoms with Crippen molar-refractivity contribution in [1.82, 2.24) is 0 Å². The molecule has 1 atom stereocenters. The zero-order chi connectivity index (χ0) is 9.80. The Hall–Kier alpha value is -0.820. The van der Waals surface area contributed by atoms with Gasteiger partial charge in [0.05, 0.1) is 12.7 Å². The summed E-state index contributed by atoms with van der Waals surface area (Å²) < 4.78 is 5.21. The van der Waals surface area contributed by atoms with Gasteiger partial charge >= 0.3 is 0 Å². The Morgan fingerprint density at radius 1 is 1.21 bits per heavy atom. The van der Waals surface area contributed by atoms with E-state index in [-0.39, 0.29) is 0 Å². The van der Waals surface area contributed by atoms with E-state index in [1.165, 1.54) is 30.4 Å². The van der Waals surface area contributed by atoms with E-state index in [2.05, 4.69) is 31.2 Å². The van der Waals surface area contributed by atoms with Crippen LogP contribution < -0.4 is 0 Å². The van der Waals surface area contributed by atoms with Gasteiger partial charge in [-0.1, -0.05) is 37.6 Å². The van der Waals surface area contributed by atoms with Crippen LogP contribution in [0, 0.1) is 0 Å². The summed E-state index contributed by atoms with van der Waals surface area (Å²) in [7, 11) is 0. The summed E-state index contributed by atoms with van der Waals surface area (Å²) in [5, 5.41) is 0. The summed E-state index contributed by atoms with van der Waals surface area (Å²) >= 11 is 0. The number of ether oxygens (including phenoxy) is 1. The van der Waals surface area contributed by atoms with E-state index in [4.69, 9.17) is 4.74 Å². The highest BCUT2D eigenvalue weighted by Gasteiger charge is 2.22. The zero-order valence-electron chi connectivity index (χ0n) is 8.83. The van der Waals surface area contributed by atoms with E-state index in [1.807, 2.05) is 0 Å². The molecule has 1 fully saturated rings. The number of rotatable bonds is 5. The summed E-state index contributed by atoms with van der Waals surface area (Å²) in [5.41, 5.74) is 2.88. The van der Waals surface area contributed by atoms with Crippen LogP contribution >= 0.6 is 0 Å². The Labute approximate surface area is 86.1 Å². The summed E-state index contributed by atoms with van der Waals surface area (Å²) in [4.78, 5) is 0. The van der Waals surface area contributed by atoms with Gasteiger partial charge in [0.1, 0.15) is 0 Å². The number of hydrogen-bond donors (Lipinski definition) is 0. The summed E-state index contributed by atoms with van der Waals surface area (Å²) in [6.07, 6.45) is 5.39. The van der Waals surface area contributed by atoms with Gasteiger partial charge < -0.3 is 4.74 Å². The second kappa shape index (κ2) is 4.61. The maximum absolute atomic E-state index is 5.21. The first-order valence-electron chi connectivity index (χ1n) is 5.58. The van der Waals surface area contributed by atoms with Crippen molar-refractivity contribution >= 4 is 0 Å². The molecular weight excluding hydrogens is 172 g/mol. The molecule has 1 unspecified atom stereocenters. The van der Waals surface area contributed by atoms with Gasteiger partial charge in [-0.15, -0.1) is 0 Å². The van der Waals surface area contributed by atoms with Crippen molar-refractivity contribution in [3.05, 3.63) is 35.4 Å². The van der Waals surface area contributed by atoms with Crippen molar-refractivity contribution in [1.29, 1.82) is 0 Å². The number of benzene rings is 1. The van der Waals surface area contributed by atoms with E-state index < -0.39 is 0 Å². The van der Waals surface area contributed by atoms with Crippen molar-refractivity contribution < 1.29 is 4.74 Å². The Morgan fingerprint density at radius 2 is 1.86 bits per heavy atom. The Balaban J connectivity index is 1.88. The minimum atomic E-state index is 0.511. The molecule has 1 aliphatic rings. The molecule has 0 N–H and O–H groups in total. The number of unbranched alkanes of at least 4 members (excludes halogenated alkanes) is 1. The molecule has 1 aromatic rings. The van der Waals surface area contributed by atoms with Gasteiger partial charge in [-0.3, -0.25) is 0 Å². The molecule has 0 amide bonds. The average Bonchev–Trinajstić information content (AvgIpc) is 3.01. The van der Waals surface area contributed by atoms with Crippen LogP contribution in [0.5, 0.6) is 0 Å². The molecule has 1 nitrogen and oxygen atoms in total. The molecule has 0 aromatic heterocycles. The molecule has 1 heterocycles. The fourth-order valence-corrected chi connectivity index (χ4v) is 1.67. The maximum Gasteiger partial charge on any atom is 0.0850 e. The fourth-order valence-electron chi connectivity index (χ4n) is 1.67. The van der Waals surface area contributed by atoms with Gasteiger partial charge in [-0.05, 0) is 24.0 Å². The van der Waals surface area contributed by atoms with Crippen LogP contribution in [0.2, 0.25) is 0 Å². The highest BCUT2D eigenvalue weighted by Crippen LogP contribution is 2.16. The maximum atomic E-state index is 5.21. The van der Waals surface area contributed by atoms with Gasteiger partial charge in [0.15, 0.2) is 0 Å². The molecule has 0 bridgehead atoms. The molecule has 1 aliphatic heterocycles. The molecule has 76 valence electrons. The minimum Gasteiger partial charge on any atom is -0.373 e. The van der Waals surface area contributed by atoms with E-state index in [1.54, 1.807) is 0 Å². The number of epoxide rings is 1. The van der Waals surface area contributed by atoms with Crippen LogP contribution in [0.3, 0.4) is 0 Å². The summed E-state index contributed by atoms with van der Waals surface area (Å²) in [5.74, 6) is 0. The quantitative estimate of drug-likeness (QED) is 0.650. The van der Waals surface area contributed by atoms with Crippen LogP contribution in [0.15, 0.2) is 24.3 Å². The third kappa shape index (κ3) is 2.85. The Morgan fingerprint density at radius 3 is 2.43 bits per heavy atom. The predicted octanol–water partition coefficient (Wildman–Crippen LogP) is 2.97. The lowest BCUT2D eigenvalue weighted by Crippen LogP contribution is -1.93. The molecule has 2 rings (SSSR count). The van der Waals surface area contributed by atoms with Gasteiger partial charge in [-0.2, -0.15) is 0 Å². The molecule has 1 aromatic carbocycles. The van der Waals surface area contributed by atoms with Crippen LogP contribution in [0.4, 0.5) is 0 Å². The minimum absolute atomic E-state index is 0.511. The highest BCUT2D eigenvalue weighted by molar-refractivity contribution is 5.23. The van der Waals surface area contributed by atoms with Gasteiger partial charge in [0.2, 0.25) is 0 Å². The summed E-state index contributed by atoms with van der Waals surface area (Å²) in [6, 6.07) is 9.00. The topological polar surface area (TPSA) is 12.5 Å². The monoisotopic (exact) mass is 190 g/mol. The van der Waals surface area contributed by atoms with E-state index >= 15 is 0 Å². The Bertz CT molecular complexity index is 272. The third-order valence-corrected chi connectivity index (χ3v) is 2.71. The molecule has 1 heteroatoms. The molecule has 1 saturated heterocycles. The van der Waals surface area contributed by atoms with Gasteiger partial charge in [0, 0.05) is 6.42 Å². The first-order valence-corrected chi connectivity index (χ1v) is 5.58. The van der Waals surface area contributed by atoms with E-state index in [9.17, 15) is 0 Å². The molecule has 0 saturated carbocycles. The molecule has 14 heavy (non-hydrogen) atoms. The first-order chi connectivity index (χ1) is 6.88. The van der Waals surface area contributed by atoms with E-state index in [0.29, 0.717) is 6.10 Å². The van der Waals surface area contributed by atoms with Gasteiger partial charge in [-0.25, -0.2) is 0 Å². The first kappa shape index (κ1) is 9.72. The lowest BCUT2D eigenvalue weighted by atomic mass is 10.0. The largest absolute Gasteiger partial charge is 0.373 e. The molecule has 0 radical (unpaired) electrons. The Kier molecular flexibility index (Phi) is 3.20. The van der Waals surface area contributed by atoms with Crippen LogP contribution in [-0.2, 0) is 17.6 Å². The lowest BCUT2D eigenvalue weighted by molar-refractivity contribution is 0.407. The smallest absolute Gasteiger partial charge is 0.0850 e. The van der Waals surface area contributed by atoms with Crippen molar-refractivity contribution in [2.24, 2.45) is 0 Å². The molecule has 0 aliphatic carbocycles. The van der Waals surface area contributed by atoms with Crippen LogP contribution in [-0.4, -0.2) is 12.7 Å². The second-order valence-corrected chi connectivity index (χ2v) is 4.08. The normalized spacial score (nSPS) is 19.6. The van der Waals surface area contributed by atoms with Crippen molar-refractivity contribution in [3.8, 4) is 0 Å². The second-order valence-electron chi connectivity index (χ2n) is 4.08. The van der Waals surface area contributed by atoms with E-state index in [0.717, 1.165) is 13.0 Å². The number of hydrogen-bond acceptors (Lipinski definition) is 1. The predicted molar refractivity (Wildman–Crippen MR) is 58.5 cm³/mol. The third-order valence-electron chi connectivity index (χ3n) is 2.71. The van der Waals surface area contributed by atoms with Crippen molar-refractivity contribution in [2.75, 3.05) is 6.61 Å². The summed E-state index contributed by atoms with van der Waals surface area (Å²) in [6.45, 7) is 3.19. The molecule has 0 spiro atoms. The van der Waals surface area contributed by atoms with Crippen LogP contribution in [0.25, 0.3) is 0 Å². The SMILES string of the molecule is CCCCc1ccc(CC2CO2)cc1. The molecular formula is C13H18O. The fraction of sp³-hybridized carbons (Fsp3) is 0.538. The van der Waals surface area contributed by atoms with Crippen LogP contribution in [0.1, 0.15) is 30.9 Å². The average molecular weight is 190 g/mol. The van der Waals surface area contributed by atoms with Crippen molar-refractivity contribution in [2.45, 2.75) is 38.7 Å². The lowest BCUT2D eigenvalue weighted by Gasteiger charge is -2.02. The van der Waals surface area contributed by atoms with Crippen molar-refractivity contribution in [3.63, 3.8) is 0 Å². The number of aryl methyl sites for hydroxylation is 1. The van der Waals surface area contributed by atoms with Gasteiger partial charge in [0.25, 0.3) is 0 Å². The standard InChI is InChI=1S/C13H18O/c1-2-3-4-11-5-7-12(8-6-11)9-13-10-14-13/h5-8,13H,2-4,9-10H2,1H3. The highest BCUT2D eigenvalue weighted by atomic mass is 16.6.